The average molecular weight is 360 g/mol. The van der Waals surface area contributed by atoms with Crippen LogP contribution in [0.25, 0.3) is 0 Å². The molecule has 0 unspecified atom stereocenters. The van der Waals surface area contributed by atoms with Gasteiger partial charge in [-0.05, 0) is 37.2 Å². The van der Waals surface area contributed by atoms with Gasteiger partial charge in [0.2, 0.25) is 5.78 Å². The summed E-state index contributed by atoms with van der Waals surface area (Å²) in [6, 6.07) is 0. The summed E-state index contributed by atoms with van der Waals surface area (Å²) in [5, 5.41) is 0. The van der Waals surface area contributed by atoms with E-state index in [9.17, 15) is 9.59 Å². The van der Waals surface area contributed by atoms with Gasteiger partial charge in [-0.15, -0.1) is 0 Å². The Balaban J connectivity index is 1.79. The van der Waals surface area contributed by atoms with E-state index in [1.54, 1.807) is 6.26 Å². The minimum absolute atomic E-state index is 0.0751. The van der Waals surface area contributed by atoms with Gasteiger partial charge in [-0.25, -0.2) is 0 Å². The van der Waals surface area contributed by atoms with Crippen molar-refractivity contribution in [3.8, 4) is 0 Å². The molecule has 4 rings (SSSR count). The first-order valence-electron chi connectivity index (χ1n) is 9.77. The number of fused-ring (bicyclic) bond motifs is 1. The standard InChI is InChI=1S/C21H28O5/c1-6-11(2)9-15(22)25-19-16-12(3)10-24-17(16)18(23)21-14(26-21)8-7-13(4)20(19,21)5/h10-11,13-14,19H,6-9H2,1-5H3/t11-,13+,14+,19+,20-,21-/m0/s1. The van der Waals surface area contributed by atoms with E-state index in [1.807, 2.05) is 13.8 Å². The van der Waals surface area contributed by atoms with Crippen molar-refractivity contribution in [3.05, 3.63) is 23.2 Å². The van der Waals surface area contributed by atoms with Crippen molar-refractivity contribution in [1.82, 2.24) is 0 Å². The zero-order valence-corrected chi connectivity index (χ0v) is 16.3. The van der Waals surface area contributed by atoms with Crippen LogP contribution in [0.15, 0.2) is 10.7 Å². The van der Waals surface area contributed by atoms with E-state index in [1.165, 1.54) is 0 Å². The van der Waals surface area contributed by atoms with Crippen LogP contribution in [0.3, 0.4) is 0 Å². The third-order valence-corrected chi connectivity index (χ3v) is 7.24. The van der Waals surface area contributed by atoms with Gasteiger partial charge in [0, 0.05) is 12.0 Å². The third-order valence-electron chi connectivity index (χ3n) is 7.24. The van der Waals surface area contributed by atoms with Gasteiger partial charge in [0.05, 0.1) is 17.8 Å². The lowest BCUT2D eigenvalue weighted by Gasteiger charge is -2.49. The molecule has 5 heteroatoms. The first-order valence-corrected chi connectivity index (χ1v) is 9.77. The average Bonchev–Trinajstić information content (AvgIpc) is 3.24. The van der Waals surface area contributed by atoms with Crippen molar-refractivity contribution in [2.24, 2.45) is 17.3 Å². The van der Waals surface area contributed by atoms with Crippen LogP contribution < -0.4 is 0 Å². The Morgan fingerprint density at radius 2 is 2.15 bits per heavy atom. The number of Topliss-reactive ketones (excluding diaryl/α,β-unsaturated/α-hetero) is 1. The maximum Gasteiger partial charge on any atom is 0.306 e. The molecule has 26 heavy (non-hydrogen) atoms. The highest BCUT2D eigenvalue weighted by molar-refractivity contribution is 6.06. The molecule has 0 N–H and O–H groups in total. The number of ketones is 1. The predicted octanol–water partition coefficient (Wildman–Crippen LogP) is 4.38. The molecular formula is C21H28O5. The second-order valence-corrected chi connectivity index (χ2v) is 8.68. The highest BCUT2D eigenvalue weighted by Gasteiger charge is 2.80. The number of carbonyl (C=O) groups is 2. The van der Waals surface area contributed by atoms with Gasteiger partial charge in [0.15, 0.2) is 11.4 Å². The van der Waals surface area contributed by atoms with E-state index < -0.39 is 17.1 Å². The zero-order chi connectivity index (χ0) is 18.9. The molecular weight excluding hydrogens is 332 g/mol. The highest BCUT2D eigenvalue weighted by Crippen LogP contribution is 2.69. The van der Waals surface area contributed by atoms with Crippen molar-refractivity contribution in [2.45, 2.75) is 78.1 Å². The van der Waals surface area contributed by atoms with Crippen LogP contribution in [0, 0.1) is 24.2 Å². The van der Waals surface area contributed by atoms with E-state index in [0.717, 1.165) is 30.4 Å². The normalized spacial score (nSPS) is 38.8. The third kappa shape index (κ3) is 2.07. The van der Waals surface area contributed by atoms with Crippen molar-refractivity contribution >= 4 is 11.8 Å². The van der Waals surface area contributed by atoms with E-state index in [2.05, 4.69) is 20.8 Å². The Kier molecular flexibility index (Phi) is 3.89. The van der Waals surface area contributed by atoms with Gasteiger partial charge in [-0.3, -0.25) is 9.59 Å². The SMILES string of the molecule is CC[C@H](C)CC(=O)O[C@@H]1c2c(C)coc2C(=O)[C@@]23O[C@@H]2CC[C@@H](C)[C@@]13C. The van der Waals surface area contributed by atoms with Gasteiger partial charge < -0.3 is 13.9 Å². The van der Waals surface area contributed by atoms with E-state index in [0.29, 0.717) is 12.2 Å². The largest absolute Gasteiger partial charge is 0.460 e. The fourth-order valence-corrected chi connectivity index (χ4v) is 5.10. The van der Waals surface area contributed by atoms with E-state index in [4.69, 9.17) is 13.9 Å². The number of hydrogen-bond donors (Lipinski definition) is 0. The Labute approximate surface area is 154 Å². The highest BCUT2D eigenvalue weighted by atomic mass is 16.6. The molecule has 6 atom stereocenters. The fraction of sp³-hybridized carbons (Fsp3) is 0.714. The monoisotopic (exact) mass is 360 g/mol. The number of hydrogen-bond acceptors (Lipinski definition) is 5. The van der Waals surface area contributed by atoms with Gasteiger partial charge in [0.1, 0.15) is 6.10 Å². The first kappa shape index (κ1) is 17.8. The van der Waals surface area contributed by atoms with Gasteiger partial charge in [-0.2, -0.15) is 0 Å². The van der Waals surface area contributed by atoms with Crippen LogP contribution >= 0.6 is 0 Å². The Hall–Kier alpha value is -1.62. The summed E-state index contributed by atoms with van der Waals surface area (Å²) >= 11 is 0. The molecule has 2 fully saturated rings. The summed E-state index contributed by atoms with van der Waals surface area (Å²) in [5.41, 5.74) is 0.132. The summed E-state index contributed by atoms with van der Waals surface area (Å²) < 4.78 is 17.7. The smallest absolute Gasteiger partial charge is 0.306 e. The number of epoxide rings is 1. The maximum atomic E-state index is 13.3. The molecule has 0 bridgehead atoms. The van der Waals surface area contributed by atoms with Crippen LogP contribution in [0.1, 0.15) is 81.2 Å². The molecule has 1 aromatic heterocycles. The lowest BCUT2D eigenvalue weighted by Crippen LogP contribution is -2.57. The number of furan rings is 1. The molecule has 1 aromatic rings. The molecule has 142 valence electrons. The number of carbonyl (C=O) groups excluding carboxylic acids is 2. The van der Waals surface area contributed by atoms with Crippen LogP contribution in [0.4, 0.5) is 0 Å². The molecule has 1 aliphatic heterocycles. The Bertz CT molecular complexity index is 764. The van der Waals surface area contributed by atoms with Crippen molar-refractivity contribution in [3.63, 3.8) is 0 Å². The van der Waals surface area contributed by atoms with Crippen molar-refractivity contribution in [2.75, 3.05) is 0 Å². The molecule has 1 saturated carbocycles. The quantitative estimate of drug-likeness (QED) is 0.589. The van der Waals surface area contributed by atoms with Crippen LogP contribution in [-0.2, 0) is 14.3 Å². The molecule has 0 aromatic carbocycles. The molecule has 2 heterocycles. The van der Waals surface area contributed by atoms with Crippen LogP contribution in [0.5, 0.6) is 0 Å². The molecule has 0 amide bonds. The predicted molar refractivity (Wildman–Crippen MR) is 94.8 cm³/mol. The molecule has 0 radical (unpaired) electrons. The van der Waals surface area contributed by atoms with Gasteiger partial charge in [-0.1, -0.05) is 34.1 Å². The topological polar surface area (TPSA) is 69.0 Å². The Morgan fingerprint density at radius 1 is 1.42 bits per heavy atom. The maximum absolute atomic E-state index is 13.3. The lowest BCUT2D eigenvalue weighted by molar-refractivity contribution is -0.166. The molecule has 2 aliphatic carbocycles. The van der Waals surface area contributed by atoms with Gasteiger partial charge in [0.25, 0.3) is 0 Å². The summed E-state index contributed by atoms with van der Waals surface area (Å²) in [5.74, 6) is 0.505. The van der Waals surface area contributed by atoms with E-state index >= 15 is 0 Å². The summed E-state index contributed by atoms with van der Waals surface area (Å²) in [7, 11) is 0. The molecule has 1 spiro atoms. The first-order chi connectivity index (χ1) is 12.3. The molecule has 3 aliphatic rings. The number of esters is 1. The minimum Gasteiger partial charge on any atom is -0.460 e. The summed E-state index contributed by atoms with van der Waals surface area (Å²) in [6.45, 7) is 10.2. The van der Waals surface area contributed by atoms with Crippen molar-refractivity contribution in [1.29, 1.82) is 0 Å². The lowest BCUT2D eigenvalue weighted by atomic mass is 9.53. The zero-order valence-electron chi connectivity index (χ0n) is 16.3. The van der Waals surface area contributed by atoms with Crippen molar-refractivity contribution < 1.29 is 23.5 Å². The van der Waals surface area contributed by atoms with Crippen LogP contribution in [0.2, 0.25) is 0 Å². The van der Waals surface area contributed by atoms with Crippen LogP contribution in [-0.4, -0.2) is 23.5 Å². The second-order valence-electron chi connectivity index (χ2n) is 8.68. The molecule has 5 nitrogen and oxygen atoms in total. The number of aryl methyl sites for hydroxylation is 1. The summed E-state index contributed by atoms with van der Waals surface area (Å²) in [6.07, 6.45) is 4.13. The minimum atomic E-state index is -0.900. The number of ether oxygens (including phenoxy) is 2. The summed E-state index contributed by atoms with van der Waals surface area (Å²) in [4.78, 5) is 25.9. The molecule has 1 saturated heterocycles. The number of rotatable bonds is 4. The van der Waals surface area contributed by atoms with Gasteiger partial charge >= 0.3 is 5.97 Å². The fourth-order valence-electron chi connectivity index (χ4n) is 5.10. The Morgan fingerprint density at radius 3 is 2.85 bits per heavy atom. The van der Waals surface area contributed by atoms with E-state index in [-0.39, 0.29) is 29.7 Å². The second kappa shape index (κ2) is 5.69.